The van der Waals surface area contributed by atoms with E-state index in [4.69, 9.17) is 0 Å². The summed E-state index contributed by atoms with van der Waals surface area (Å²) in [5, 5.41) is 0. The Kier molecular flexibility index (Phi) is 4.75. The zero-order valence-corrected chi connectivity index (χ0v) is 14.8. The Morgan fingerprint density at radius 1 is 0.889 bits per heavy atom. The highest BCUT2D eigenvalue weighted by molar-refractivity contribution is 5.95. The second-order valence-electron chi connectivity index (χ2n) is 6.57. The molecule has 0 aromatic heterocycles. The van der Waals surface area contributed by atoms with Crippen LogP contribution in [0, 0.1) is 5.82 Å². The average molecular weight is 361 g/mol. The van der Waals surface area contributed by atoms with E-state index in [-0.39, 0.29) is 11.7 Å². The molecule has 0 atom stereocenters. The molecule has 0 radical (unpaired) electrons. The van der Waals surface area contributed by atoms with Gasteiger partial charge in [0.15, 0.2) is 0 Å². The number of carbonyl (C=O) groups is 1. The third-order valence-electron chi connectivity index (χ3n) is 4.79. The average Bonchev–Trinajstić information content (AvgIpc) is 2.73. The van der Waals surface area contributed by atoms with Crippen molar-refractivity contribution in [3.05, 3.63) is 95.3 Å². The lowest BCUT2D eigenvalue weighted by molar-refractivity contribution is 0.0962. The third kappa shape index (κ3) is 3.92. The largest absolute Gasteiger partial charge is 0.367 e. The summed E-state index contributed by atoms with van der Waals surface area (Å²) in [5.74, 6) is -0.558. The Morgan fingerprint density at radius 2 is 1.59 bits per heavy atom. The number of halogens is 1. The van der Waals surface area contributed by atoms with Gasteiger partial charge in [0.1, 0.15) is 5.82 Å². The van der Waals surface area contributed by atoms with Gasteiger partial charge in [-0.2, -0.15) is 0 Å². The topological polar surface area (TPSA) is 44.4 Å². The van der Waals surface area contributed by atoms with Gasteiger partial charge in [-0.05, 0) is 66.1 Å². The van der Waals surface area contributed by atoms with Crippen LogP contribution in [0.25, 0.3) is 0 Å². The second kappa shape index (κ2) is 7.50. The van der Waals surface area contributed by atoms with Gasteiger partial charge in [-0.1, -0.05) is 24.3 Å². The number of hydrogen-bond donors (Lipinski definition) is 2. The van der Waals surface area contributed by atoms with Crippen molar-refractivity contribution in [2.24, 2.45) is 0 Å². The minimum atomic E-state index is -0.317. The van der Waals surface area contributed by atoms with Crippen molar-refractivity contribution in [3.8, 4) is 0 Å². The first-order valence-electron chi connectivity index (χ1n) is 8.93. The molecule has 1 heterocycles. The summed E-state index contributed by atoms with van der Waals surface area (Å²) < 4.78 is 12.9. The smallest absolute Gasteiger partial charge is 0.269 e. The number of rotatable bonds is 4. The number of anilines is 2. The van der Waals surface area contributed by atoms with Crippen molar-refractivity contribution in [1.82, 2.24) is 5.43 Å². The summed E-state index contributed by atoms with van der Waals surface area (Å²) in [6.45, 7) is 1.85. The lowest BCUT2D eigenvalue weighted by atomic mass is 9.99. The van der Waals surface area contributed by atoms with Gasteiger partial charge in [-0.3, -0.25) is 15.6 Å². The van der Waals surface area contributed by atoms with Crippen LogP contribution < -0.4 is 15.8 Å². The van der Waals surface area contributed by atoms with Crippen LogP contribution in [0.4, 0.5) is 15.8 Å². The van der Waals surface area contributed by atoms with Crippen LogP contribution in [0.3, 0.4) is 0 Å². The van der Waals surface area contributed by atoms with E-state index in [1.165, 1.54) is 23.3 Å². The van der Waals surface area contributed by atoms with Crippen molar-refractivity contribution in [1.29, 1.82) is 0 Å². The zero-order valence-electron chi connectivity index (χ0n) is 14.8. The Hall–Kier alpha value is -3.34. The molecule has 0 aliphatic carbocycles. The van der Waals surface area contributed by atoms with Gasteiger partial charge in [0.05, 0.1) is 5.69 Å². The molecule has 1 aliphatic rings. The van der Waals surface area contributed by atoms with E-state index in [0.717, 1.165) is 25.2 Å². The molecular weight excluding hydrogens is 341 g/mol. The maximum Gasteiger partial charge on any atom is 0.269 e. The molecule has 27 heavy (non-hydrogen) atoms. The van der Waals surface area contributed by atoms with Crippen LogP contribution in [-0.4, -0.2) is 12.5 Å². The molecule has 0 fully saturated rings. The fourth-order valence-corrected chi connectivity index (χ4v) is 3.27. The molecule has 2 N–H and O–H groups in total. The fraction of sp³-hybridized carbons (Fsp3) is 0.136. The fourth-order valence-electron chi connectivity index (χ4n) is 3.27. The summed E-state index contributed by atoms with van der Waals surface area (Å²) in [6, 6.07) is 21.9. The summed E-state index contributed by atoms with van der Waals surface area (Å²) in [4.78, 5) is 14.6. The molecule has 0 saturated carbocycles. The summed E-state index contributed by atoms with van der Waals surface area (Å²) in [7, 11) is 0. The van der Waals surface area contributed by atoms with Crippen LogP contribution in [0.15, 0.2) is 72.8 Å². The minimum Gasteiger partial charge on any atom is -0.367 e. The number of nitrogens with zero attached hydrogens (tertiary/aromatic N) is 1. The Balaban J connectivity index is 1.38. The van der Waals surface area contributed by atoms with Crippen LogP contribution in [0.2, 0.25) is 0 Å². The molecule has 5 heteroatoms. The van der Waals surface area contributed by atoms with Gasteiger partial charge < -0.3 is 4.90 Å². The van der Waals surface area contributed by atoms with E-state index in [1.807, 2.05) is 24.3 Å². The van der Waals surface area contributed by atoms with Crippen molar-refractivity contribution in [2.75, 3.05) is 16.9 Å². The highest BCUT2D eigenvalue weighted by atomic mass is 19.1. The minimum absolute atomic E-state index is 0.241. The number of carbonyl (C=O) groups excluding carboxylic acids is 1. The number of nitrogens with one attached hydrogen (secondary N) is 2. The zero-order chi connectivity index (χ0) is 18.6. The van der Waals surface area contributed by atoms with Crippen LogP contribution >= 0.6 is 0 Å². The van der Waals surface area contributed by atoms with E-state index >= 15 is 0 Å². The second-order valence-corrected chi connectivity index (χ2v) is 6.57. The summed E-state index contributed by atoms with van der Waals surface area (Å²) >= 11 is 0. The van der Waals surface area contributed by atoms with Gasteiger partial charge in [-0.15, -0.1) is 0 Å². The van der Waals surface area contributed by atoms with Gasteiger partial charge in [0, 0.05) is 24.3 Å². The molecule has 4 nitrogen and oxygen atoms in total. The predicted molar refractivity (Wildman–Crippen MR) is 105 cm³/mol. The number of amides is 1. The Bertz CT molecular complexity index is 939. The first kappa shape index (κ1) is 17.1. The molecule has 4 rings (SSSR count). The lowest BCUT2D eigenvalue weighted by Gasteiger charge is -2.30. The van der Waals surface area contributed by atoms with Crippen molar-refractivity contribution in [3.63, 3.8) is 0 Å². The van der Waals surface area contributed by atoms with Crippen molar-refractivity contribution in [2.45, 2.75) is 13.0 Å². The molecule has 0 unspecified atom stereocenters. The molecular formula is C22H20FN3O. The molecule has 3 aromatic rings. The van der Waals surface area contributed by atoms with E-state index in [9.17, 15) is 9.18 Å². The summed E-state index contributed by atoms with van der Waals surface area (Å²) in [6.07, 6.45) is 1.03. The summed E-state index contributed by atoms with van der Waals surface area (Å²) in [5.41, 5.74) is 10.5. The van der Waals surface area contributed by atoms with Crippen molar-refractivity contribution < 1.29 is 9.18 Å². The van der Waals surface area contributed by atoms with E-state index in [2.05, 4.69) is 40.0 Å². The van der Waals surface area contributed by atoms with Crippen molar-refractivity contribution >= 4 is 17.3 Å². The molecule has 0 saturated heterocycles. The highest BCUT2D eigenvalue weighted by Crippen LogP contribution is 2.24. The van der Waals surface area contributed by atoms with E-state index in [0.29, 0.717) is 11.3 Å². The number of hydrogen-bond acceptors (Lipinski definition) is 3. The standard InChI is InChI=1S/C22H20FN3O/c23-19-7-9-20(10-8-19)24-25-22(27)17-5-11-21(12-6-17)26-14-13-16-3-1-2-4-18(16)15-26/h1-12,24H,13-15H2,(H,25,27). The molecule has 0 spiro atoms. The number of hydrazine groups is 1. The van der Waals surface area contributed by atoms with E-state index < -0.39 is 0 Å². The first-order chi connectivity index (χ1) is 13.2. The number of fused-ring (bicyclic) bond motifs is 1. The molecule has 1 amide bonds. The maximum atomic E-state index is 12.9. The quantitative estimate of drug-likeness (QED) is 0.687. The first-order valence-corrected chi connectivity index (χ1v) is 8.93. The van der Waals surface area contributed by atoms with Gasteiger partial charge in [0.25, 0.3) is 5.91 Å². The van der Waals surface area contributed by atoms with Crippen LogP contribution in [0.1, 0.15) is 21.5 Å². The number of benzene rings is 3. The predicted octanol–water partition coefficient (Wildman–Crippen LogP) is 4.15. The Labute approximate surface area is 157 Å². The molecule has 0 bridgehead atoms. The monoisotopic (exact) mass is 361 g/mol. The Morgan fingerprint density at radius 3 is 2.33 bits per heavy atom. The van der Waals surface area contributed by atoms with Crippen LogP contribution in [0.5, 0.6) is 0 Å². The van der Waals surface area contributed by atoms with E-state index in [1.54, 1.807) is 12.1 Å². The highest BCUT2D eigenvalue weighted by Gasteiger charge is 2.16. The molecule has 1 aliphatic heterocycles. The van der Waals surface area contributed by atoms with Gasteiger partial charge >= 0.3 is 0 Å². The third-order valence-corrected chi connectivity index (χ3v) is 4.79. The maximum absolute atomic E-state index is 12.9. The SMILES string of the molecule is O=C(NNc1ccc(F)cc1)c1ccc(N2CCc3ccccc3C2)cc1. The van der Waals surface area contributed by atoms with Gasteiger partial charge in [-0.25, -0.2) is 4.39 Å². The van der Waals surface area contributed by atoms with Gasteiger partial charge in [0.2, 0.25) is 0 Å². The molecule has 3 aromatic carbocycles. The molecule has 136 valence electrons. The normalized spacial score (nSPS) is 13.0. The lowest BCUT2D eigenvalue weighted by Crippen LogP contribution is -2.31. The van der Waals surface area contributed by atoms with Crippen LogP contribution in [-0.2, 0) is 13.0 Å².